The summed E-state index contributed by atoms with van der Waals surface area (Å²) in [7, 11) is 0. The Kier molecular flexibility index (Phi) is 2.21. The highest BCUT2D eigenvalue weighted by atomic mass is 79.9. The van der Waals surface area contributed by atoms with Crippen molar-refractivity contribution in [3.63, 3.8) is 0 Å². The lowest BCUT2D eigenvalue weighted by Gasteiger charge is -2.00. The zero-order chi connectivity index (χ0) is 10.4. The number of fused-ring (bicyclic) bond motifs is 1. The second-order valence-corrected chi connectivity index (χ2v) is 5.26. The van der Waals surface area contributed by atoms with Crippen LogP contribution in [0, 0.1) is 5.92 Å². The smallest absolute Gasteiger partial charge is 0.127 e. The predicted molar refractivity (Wildman–Crippen MR) is 63.0 cm³/mol. The molecule has 5 heteroatoms. The molecule has 0 aliphatic heterocycles. The minimum absolute atomic E-state index is 0.716. The number of aromatic nitrogens is 3. The molecule has 1 heterocycles. The number of hydrogen-bond acceptors (Lipinski definition) is 2. The van der Waals surface area contributed by atoms with Crippen LogP contribution in [0.4, 0.5) is 0 Å². The normalized spacial score (nSPS) is 16.1. The van der Waals surface area contributed by atoms with Crippen LogP contribution in [-0.4, -0.2) is 15.0 Å². The van der Waals surface area contributed by atoms with E-state index in [-0.39, 0.29) is 0 Å². The van der Waals surface area contributed by atoms with Gasteiger partial charge in [0.05, 0.1) is 5.52 Å². The number of halogens is 2. The molecule has 1 aromatic carbocycles. The van der Waals surface area contributed by atoms with Gasteiger partial charge in [0.1, 0.15) is 5.52 Å². The summed E-state index contributed by atoms with van der Waals surface area (Å²) in [6.45, 7) is 0.962. The Bertz CT molecular complexity index is 519. The van der Waals surface area contributed by atoms with Gasteiger partial charge in [0.2, 0.25) is 0 Å². The quantitative estimate of drug-likeness (QED) is 0.848. The third-order valence-electron chi connectivity index (χ3n) is 2.67. The lowest BCUT2D eigenvalue weighted by molar-refractivity contribution is 0.559. The number of hydrogen-bond donors (Lipinski definition) is 0. The Labute approximate surface area is 101 Å². The van der Waals surface area contributed by atoms with Crippen LogP contribution in [0.15, 0.2) is 16.6 Å². The van der Waals surface area contributed by atoms with Crippen molar-refractivity contribution in [3.05, 3.63) is 21.6 Å². The fourth-order valence-electron chi connectivity index (χ4n) is 1.67. The molecule has 2 aromatic rings. The van der Waals surface area contributed by atoms with Gasteiger partial charge in [0.15, 0.2) is 0 Å². The third-order valence-corrected chi connectivity index (χ3v) is 3.49. The summed E-state index contributed by atoms with van der Waals surface area (Å²) < 4.78 is 2.86. The van der Waals surface area contributed by atoms with E-state index in [1.807, 2.05) is 16.8 Å². The molecule has 0 amide bonds. The molecule has 0 saturated heterocycles. The van der Waals surface area contributed by atoms with E-state index >= 15 is 0 Å². The molecule has 3 rings (SSSR count). The minimum Gasteiger partial charge on any atom is -0.244 e. The third kappa shape index (κ3) is 1.76. The maximum atomic E-state index is 6.01. The summed E-state index contributed by atoms with van der Waals surface area (Å²) in [5.74, 6) is 0.785. The molecule has 15 heavy (non-hydrogen) atoms. The van der Waals surface area contributed by atoms with Crippen molar-refractivity contribution in [2.75, 3.05) is 0 Å². The molecule has 1 aliphatic rings. The monoisotopic (exact) mass is 285 g/mol. The van der Waals surface area contributed by atoms with Gasteiger partial charge in [-0.05, 0) is 46.8 Å². The number of benzene rings is 1. The van der Waals surface area contributed by atoms with E-state index in [2.05, 4.69) is 26.2 Å². The van der Waals surface area contributed by atoms with Crippen LogP contribution in [0.25, 0.3) is 11.0 Å². The van der Waals surface area contributed by atoms with Gasteiger partial charge >= 0.3 is 0 Å². The second-order valence-electron chi connectivity index (χ2n) is 3.97. The molecule has 1 fully saturated rings. The van der Waals surface area contributed by atoms with Crippen LogP contribution < -0.4 is 0 Å². The van der Waals surface area contributed by atoms with Gasteiger partial charge < -0.3 is 0 Å². The van der Waals surface area contributed by atoms with Crippen molar-refractivity contribution in [3.8, 4) is 0 Å². The van der Waals surface area contributed by atoms with E-state index in [1.165, 1.54) is 12.8 Å². The highest BCUT2D eigenvalue weighted by Crippen LogP contribution is 2.32. The van der Waals surface area contributed by atoms with Crippen LogP contribution in [0.5, 0.6) is 0 Å². The second kappa shape index (κ2) is 3.46. The average Bonchev–Trinajstić information content (AvgIpc) is 2.89. The van der Waals surface area contributed by atoms with Gasteiger partial charge in [-0.25, -0.2) is 4.68 Å². The van der Waals surface area contributed by atoms with Crippen LogP contribution >= 0.6 is 27.5 Å². The Morgan fingerprint density at radius 2 is 2.27 bits per heavy atom. The van der Waals surface area contributed by atoms with E-state index in [9.17, 15) is 0 Å². The van der Waals surface area contributed by atoms with Crippen molar-refractivity contribution in [1.82, 2.24) is 15.0 Å². The van der Waals surface area contributed by atoms with Gasteiger partial charge in [-0.2, -0.15) is 0 Å². The Morgan fingerprint density at radius 1 is 1.47 bits per heavy atom. The Balaban J connectivity index is 2.14. The molecule has 78 valence electrons. The van der Waals surface area contributed by atoms with Crippen molar-refractivity contribution >= 4 is 38.6 Å². The molecule has 0 N–H and O–H groups in total. The Hall–Kier alpha value is -0.610. The lowest BCUT2D eigenvalue weighted by atomic mass is 10.3. The van der Waals surface area contributed by atoms with Crippen LogP contribution in [0.2, 0.25) is 5.02 Å². The maximum Gasteiger partial charge on any atom is 0.127 e. The van der Waals surface area contributed by atoms with Gasteiger partial charge in [0.25, 0.3) is 0 Å². The first-order chi connectivity index (χ1) is 7.24. The molecule has 0 spiro atoms. The van der Waals surface area contributed by atoms with Crippen molar-refractivity contribution < 1.29 is 0 Å². The van der Waals surface area contributed by atoms with Crippen LogP contribution in [0.3, 0.4) is 0 Å². The number of nitrogens with zero attached hydrogens (tertiary/aromatic N) is 3. The summed E-state index contributed by atoms with van der Waals surface area (Å²) in [6.07, 6.45) is 2.62. The zero-order valence-electron chi connectivity index (χ0n) is 7.95. The largest absolute Gasteiger partial charge is 0.244 e. The van der Waals surface area contributed by atoms with Crippen LogP contribution in [-0.2, 0) is 6.54 Å². The molecule has 1 saturated carbocycles. The molecule has 0 unspecified atom stereocenters. The highest BCUT2D eigenvalue weighted by molar-refractivity contribution is 9.10. The molecule has 0 atom stereocenters. The molecule has 3 nitrogen and oxygen atoms in total. The van der Waals surface area contributed by atoms with E-state index in [0.717, 1.165) is 28.0 Å². The van der Waals surface area contributed by atoms with Crippen molar-refractivity contribution in [2.24, 2.45) is 5.92 Å². The van der Waals surface area contributed by atoms with Crippen molar-refractivity contribution in [1.29, 1.82) is 0 Å². The van der Waals surface area contributed by atoms with E-state index in [0.29, 0.717) is 5.02 Å². The van der Waals surface area contributed by atoms with E-state index in [1.54, 1.807) is 0 Å². The average molecular weight is 287 g/mol. The van der Waals surface area contributed by atoms with Gasteiger partial charge in [0, 0.05) is 16.0 Å². The standard InChI is InChI=1S/C10H9BrClN3/c11-8-3-7(12)4-9-10(8)13-14-15(9)5-6-1-2-6/h3-4,6H,1-2,5H2. The van der Waals surface area contributed by atoms with Crippen molar-refractivity contribution in [2.45, 2.75) is 19.4 Å². The lowest BCUT2D eigenvalue weighted by Crippen LogP contribution is -2.01. The fourth-order valence-corrected chi connectivity index (χ4v) is 2.55. The summed E-state index contributed by atoms with van der Waals surface area (Å²) in [6, 6.07) is 3.77. The molecule has 1 aliphatic carbocycles. The van der Waals surface area contributed by atoms with E-state index in [4.69, 9.17) is 11.6 Å². The molecule has 1 aromatic heterocycles. The molecule has 0 radical (unpaired) electrons. The van der Waals surface area contributed by atoms with Gasteiger partial charge in [-0.1, -0.05) is 16.8 Å². The Morgan fingerprint density at radius 3 is 3.00 bits per heavy atom. The highest BCUT2D eigenvalue weighted by Gasteiger charge is 2.23. The van der Waals surface area contributed by atoms with E-state index < -0.39 is 0 Å². The van der Waals surface area contributed by atoms with Gasteiger partial charge in [-0.3, -0.25) is 0 Å². The van der Waals surface area contributed by atoms with Gasteiger partial charge in [-0.15, -0.1) is 5.10 Å². The van der Waals surface area contributed by atoms with Crippen LogP contribution in [0.1, 0.15) is 12.8 Å². The zero-order valence-corrected chi connectivity index (χ0v) is 10.3. The first kappa shape index (κ1) is 9.60. The number of rotatable bonds is 2. The topological polar surface area (TPSA) is 30.7 Å². The molecule has 0 bridgehead atoms. The summed E-state index contributed by atoms with van der Waals surface area (Å²) >= 11 is 9.45. The summed E-state index contributed by atoms with van der Waals surface area (Å²) in [5.41, 5.74) is 1.90. The summed E-state index contributed by atoms with van der Waals surface area (Å²) in [4.78, 5) is 0. The molecular formula is C10H9BrClN3. The minimum atomic E-state index is 0.716. The first-order valence-corrected chi connectivity index (χ1v) is 6.09. The first-order valence-electron chi connectivity index (χ1n) is 4.92. The summed E-state index contributed by atoms with van der Waals surface area (Å²) in [5, 5.41) is 9.02. The fraction of sp³-hybridized carbons (Fsp3) is 0.400. The predicted octanol–water partition coefficient (Wildman–Crippen LogP) is 3.26. The maximum absolute atomic E-state index is 6.01. The SMILES string of the molecule is Clc1cc(Br)c2nnn(CC3CC3)c2c1. The molecular weight excluding hydrogens is 277 g/mol.